The Morgan fingerprint density at radius 1 is 1.67 bits per heavy atom. The second kappa shape index (κ2) is 4.06. The zero-order valence-corrected chi connectivity index (χ0v) is 9.27. The smallest absolute Gasteiger partial charge is 0.246 e. The van der Waals surface area contributed by atoms with Crippen LogP contribution in [0.15, 0.2) is 0 Å². The third-order valence-corrected chi connectivity index (χ3v) is 2.85. The maximum Gasteiger partial charge on any atom is 0.246 e. The average Bonchev–Trinajstić information content (AvgIpc) is 2.75. The Hall–Kier alpha value is -1.30. The van der Waals surface area contributed by atoms with Crippen molar-refractivity contribution in [1.82, 2.24) is 20.1 Å². The monoisotopic (exact) mass is 210 g/mol. The molecule has 84 valence electrons. The van der Waals surface area contributed by atoms with Crippen LogP contribution in [-0.4, -0.2) is 53.8 Å². The van der Waals surface area contributed by atoms with Gasteiger partial charge in [0.25, 0.3) is 0 Å². The number of nitrogens with zero attached hydrogens (tertiary/aromatic N) is 4. The summed E-state index contributed by atoms with van der Waals surface area (Å²) in [6.45, 7) is 3.33. The van der Waals surface area contributed by atoms with E-state index >= 15 is 0 Å². The molecule has 1 aliphatic rings. The first kappa shape index (κ1) is 10.2. The molecule has 6 heteroatoms. The van der Waals surface area contributed by atoms with Gasteiger partial charge in [-0.2, -0.15) is 4.98 Å². The fourth-order valence-electron chi connectivity index (χ4n) is 2.08. The fourth-order valence-corrected chi connectivity index (χ4v) is 2.08. The Bertz CT molecular complexity index is 322. The third-order valence-electron chi connectivity index (χ3n) is 2.85. The maximum absolute atomic E-state index is 5.48. The van der Waals surface area contributed by atoms with Gasteiger partial charge in [0.1, 0.15) is 0 Å². The van der Waals surface area contributed by atoms with Crippen LogP contribution in [-0.2, 0) is 0 Å². The number of nitrogen functional groups attached to an aromatic ring is 1. The molecule has 2 rings (SSSR count). The minimum atomic E-state index is 0.375. The van der Waals surface area contributed by atoms with E-state index in [1.165, 1.54) is 13.0 Å². The van der Waals surface area contributed by atoms with Crippen molar-refractivity contribution in [2.45, 2.75) is 6.42 Å². The summed E-state index contributed by atoms with van der Waals surface area (Å²) in [7, 11) is 4.16. The van der Waals surface area contributed by atoms with Crippen molar-refractivity contribution in [2.24, 2.45) is 5.92 Å². The second-order valence-electron chi connectivity index (χ2n) is 4.32. The first-order chi connectivity index (χ1) is 7.15. The van der Waals surface area contributed by atoms with Gasteiger partial charge in [-0.3, -0.25) is 0 Å². The molecular weight excluding hydrogens is 192 g/mol. The normalized spacial score (nSPS) is 22.1. The predicted molar refractivity (Wildman–Crippen MR) is 59.7 cm³/mol. The standard InChI is InChI=1S/C9H18N6/c1-14-4-3-7(5-14)6-15(2)9-11-8(10)12-13-9/h7H,3-6H2,1-2H3,(H3,10,11,12,13). The molecule has 2 heterocycles. The summed E-state index contributed by atoms with van der Waals surface area (Å²) in [6.07, 6.45) is 1.25. The highest BCUT2D eigenvalue weighted by Crippen LogP contribution is 2.17. The van der Waals surface area contributed by atoms with Gasteiger partial charge >= 0.3 is 0 Å². The largest absolute Gasteiger partial charge is 0.368 e. The highest BCUT2D eigenvalue weighted by molar-refractivity contribution is 5.32. The summed E-state index contributed by atoms with van der Waals surface area (Å²) in [5.74, 6) is 1.77. The van der Waals surface area contributed by atoms with Crippen LogP contribution in [0.2, 0.25) is 0 Å². The van der Waals surface area contributed by atoms with Crippen molar-refractivity contribution < 1.29 is 0 Å². The Morgan fingerprint density at radius 2 is 2.47 bits per heavy atom. The van der Waals surface area contributed by atoms with Gasteiger partial charge in [-0.15, -0.1) is 5.10 Å². The summed E-state index contributed by atoms with van der Waals surface area (Å²) in [6, 6.07) is 0. The number of rotatable bonds is 3. The molecule has 1 fully saturated rings. The Kier molecular flexibility index (Phi) is 2.77. The number of likely N-dealkylation sites (tertiary alicyclic amines) is 1. The van der Waals surface area contributed by atoms with E-state index in [0.29, 0.717) is 17.8 Å². The molecule has 0 saturated carbocycles. The summed E-state index contributed by atoms with van der Waals surface area (Å²) in [5.41, 5.74) is 5.48. The van der Waals surface area contributed by atoms with Crippen molar-refractivity contribution in [2.75, 3.05) is 44.4 Å². The van der Waals surface area contributed by atoms with E-state index in [-0.39, 0.29) is 0 Å². The van der Waals surface area contributed by atoms with Gasteiger partial charge in [-0.25, -0.2) is 5.10 Å². The average molecular weight is 210 g/mol. The van der Waals surface area contributed by atoms with Gasteiger partial charge in [0.05, 0.1) is 0 Å². The quantitative estimate of drug-likeness (QED) is 0.721. The zero-order chi connectivity index (χ0) is 10.8. The van der Waals surface area contributed by atoms with Crippen molar-refractivity contribution in [3.63, 3.8) is 0 Å². The van der Waals surface area contributed by atoms with E-state index < -0.39 is 0 Å². The van der Waals surface area contributed by atoms with Gasteiger partial charge < -0.3 is 15.5 Å². The van der Waals surface area contributed by atoms with E-state index in [0.717, 1.165) is 13.1 Å². The maximum atomic E-state index is 5.48. The molecule has 1 atom stereocenters. The molecule has 0 bridgehead atoms. The molecule has 1 aromatic rings. The molecule has 0 amide bonds. The lowest BCUT2D eigenvalue weighted by Crippen LogP contribution is -2.28. The Labute approximate surface area is 89.5 Å². The van der Waals surface area contributed by atoms with Gasteiger partial charge in [0.15, 0.2) is 0 Å². The molecule has 0 radical (unpaired) electrons. The zero-order valence-electron chi connectivity index (χ0n) is 9.27. The lowest BCUT2D eigenvalue weighted by molar-refractivity contribution is 0.395. The molecule has 3 N–H and O–H groups in total. The summed E-state index contributed by atoms with van der Waals surface area (Å²) in [5, 5.41) is 6.68. The van der Waals surface area contributed by atoms with Crippen LogP contribution < -0.4 is 10.6 Å². The molecule has 1 saturated heterocycles. The van der Waals surface area contributed by atoms with Gasteiger partial charge in [-0.1, -0.05) is 0 Å². The minimum Gasteiger partial charge on any atom is -0.368 e. The van der Waals surface area contributed by atoms with Crippen LogP contribution in [0.3, 0.4) is 0 Å². The number of nitrogens with one attached hydrogen (secondary N) is 1. The van der Waals surface area contributed by atoms with Gasteiger partial charge in [0, 0.05) is 20.1 Å². The van der Waals surface area contributed by atoms with E-state index in [1.807, 2.05) is 7.05 Å². The topological polar surface area (TPSA) is 74.1 Å². The third kappa shape index (κ3) is 2.38. The van der Waals surface area contributed by atoms with Crippen LogP contribution in [0, 0.1) is 5.92 Å². The molecule has 1 aliphatic heterocycles. The molecule has 15 heavy (non-hydrogen) atoms. The van der Waals surface area contributed by atoms with Crippen LogP contribution in [0.1, 0.15) is 6.42 Å². The number of anilines is 2. The van der Waals surface area contributed by atoms with Crippen LogP contribution in [0.4, 0.5) is 11.9 Å². The highest BCUT2D eigenvalue weighted by Gasteiger charge is 2.21. The lowest BCUT2D eigenvalue weighted by atomic mass is 10.1. The van der Waals surface area contributed by atoms with Crippen molar-refractivity contribution >= 4 is 11.9 Å². The van der Waals surface area contributed by atoms with E-state index in [1.54, 1.807) is 0 Å². The SMILES string of the molecule is CN1CCC(CN(C)c2n[nH]c(N)n2)C1. The van der Waals surface area contributed by atoms with Crippen LogP contribution in [0.5, 0.6) is 0 Å². The number of hydrogen-bond acceptors (Lipinski definition) is 5. The first-order valence-electron chi connectivity index (χ1n) is 5.22. The summed E-state index contributed by atoms with van der Waals surface area (Å²) in [4.78, 5) is 8.50. The van der Waals surface area contributed by atoms with Gasteiger partial charge in [-0.05, 0) is 25.9 Å². The van der Waals surface area contributed by atoms with E-state index in [4.69, 9.17) is 5.73 Å². The summed E-state index contributed by atoms with van der Waals surface area (Å²) >= 11 is 0. The molecule has 6 nitrogen and oxygen atoms in total. The number of H-pyrrole nitrogens is 1. The first-order valence-corrected chi connectivity index (χ1v) is 5.22. The molecule has 1 aromatic heterocycles. The molecule has 1 unspecified atom stereocenters. The molecule has 0 aliphatic carbocycles. The lowest BCUT2D eigenvalue weighted by Gasteiger charge is -2.19. The van der Waals surface area contributed by atoms with Crippen LogP contribution in [0.25, 0.3) is 0 Å². The molecular formula is C9H18N6. The summed E-state index contributed by atoms with van der Waals surface area (Å²) < 4.78 is 0. The fraction of sp³-hybridized carbons (Fsp3) is 0.778. The minimum absolute atomic E-state index is 0.375. The van der Waals surface area contributed by atoms with Crippen molar-refractivity contribution in [3.8, 4) is 0 Å². The molecule has 0 aromatic carbocycles. The Morgan fingerprint density at radius 3 is 3.00 bits per heavy atom. The van der Waals surface area contributed by atoms with Gasteiger partial charge in [0.2, 0.25) is 11.9 Å². The number of aromatic nitrogens is 3. The number of aromatic amines is 1. The van der Waals surface area contributed by atoms with Crippen LogP contribution >= 0.6 is 0 Å². The number of hydrogen-bond donors (Lipinski definition) is 2. The molecule has 0 spiro atoms. The van der Waals surface area contributed by atoms with E-state index in [9.17, 15) is 0 Å². The highest BCUT2D eigenvalue weighted by atomic mass is 15.4. The van der Waals surface area contributed by atoms with Crippen molar-refractivity contribution in [3.05, 3.63) is 0 Å². The van der Waals surface area contributed by atoms with E-state index in [2.05, 4.69) is 32.0 Å². The Balaban J connectivity index is 1.89. The second-order valence-corrected chi connectivity index (χ2v) is 4.32. The van der Waals surface area contributed by atoms with Crippen molar-refractivity contribution in [1.29, 1.82) is 0 Å². The predicted octanol–water partition coefficient (Wildman–Crippen LogP) is -0.225. The number of nitrogens with two attached hydrogens (primary N) is 1.